The highest BCUT2D eigenvalue weighted by molar-refractivity contribution is 5.54. The lowest BCUT2D eigenvalue weighted by molar-refractivity contribution is -0.384. The molecule has 2 rings (SSSR count). The second-order valence-corrected chi connectivity index (χ2v) is 4.26. The molecule has 0 bridgehead atoms. The van der Waals surface area contributed by atoms with E-state index in [9.17, 15) is 10.1 Å². The molecule has 17 heavy (non-hydrogen) atoms. The molecule has 2 N–H and O–H groups in total. The van der Waals surface area contributed by atoms with Gasteiger partial charge in [0.1, 0.15) is 11.6 Å². The quantitative estimate of drug-likeness (QED) is 0.585. The summed E-state index contributed by atoms with van der Waals surface area (Å²) in [5.74, 6) is 1.90. The number of hydrogen-bond donors (Lipinski definition) is 2. The Morgan fingerprint density at radius 1 is 1.47 bits per heavy atom. The Hall–Kier alpha value is -1.85. The molecule has 6 heteroatoms. The minimum absolute atomic E-state index is 0.0540. The van der Waals surface area contributed by atoms with Crippen LogP contribution >= 0.6 is 0 Å². The summed E-state index contributed by atoms with van der Waals surface area (Å²) in [6.07, 6.45) is 3.73. The van der Waals surface area contributed by atoms with Crippen LogP contribution in [0.4, 0.5) is 17.3 Å². The average molecular weight is 236 g/mol. The SMILES string of the molecule is CNc1cc([N+](=O)[O-])cc(NCCC2CC2)n1. The van der Waals surface area contributed by atoms with Crippen LogP contribution in [0.5, 0.6) is 0 Å². The molecule has 0 amide bonds. The van der Waals surface area contributed by atoms with Gasteiger partial charge in [0.05, 0.1) is 17.1 Å². The van der Waals surface area contributed by atoms with Crippen LogP contribution in [0.1, 0.15) is 19.3 Å². The third-order valence-electron chi connectivity index (χ3n) is 2.83. The molecular formula is C11H16N4O2. The van der Waals surface area contributed by atoms with Crippen LogP contribution in [-0.4, -0.2) is 23.5 Å². The molecule has 0 spiro atoms. The molecule has 0 aliphatic heterocycles. The molecule has 1 heterocycles. The summed E-state index contributed by atoms with van der Waals surface area (Å²) in [4.78, 5) is 14.6. The predicted octanol–water partition coefficient (Wildman–Crippen LogP) is 2.24. The number of anilines is 2. The van der Waals surface area contributed by atoms with Gasteiger partial charge in [0, 0.05) is 13.6 Å². The van der Waals surface area contributed by atoms with Gasteiger partial charge in [0.15, 0.2) is 0 Å². The fourth-order valence-corrected chi connectivity index (χ4v) is 1.65. The predicted molar refractivity (Wildman–Crippen MR) is 66.3 cm³/mol. The van der Waals surface area contributed by atoms with Crippen LogP contribution in [0.15, 0.2) is 12.1 Å². The molecule has 1 aliphatic rings. The van der Waals surface area contributed by atoms with Gasteiger partial charge < -0.3 is 10.6 Å². The smallest absolute Gasteiger partial charge is 0.276 e. The summed E-state index contributed by atoms with van der Waals surface area (Å²) in [6.45, 7) is 0.821. The standard InChI is InChI=1S/C11H16N4O2/c1-12-10-6-9(15(16)17)7-11(14-10)13-5-4-8-2-3-8/h6-8H,2-5H2,1H3,(H2,12,13,14). The number of nitro groups is 1. The van der Waals surface area contributed by atoms with Crippen molar-refractivity contribution in [1.82, 2.24) is 4.98 Å². The molecule has 0 atom stereocenters. The van der Waals surface area contributed by atoms with E-state index in [4.69, 9.17) is 0 Å². The molecule has 1 aromatic heterocycles. The Bertz CT molecular complexity index is 418. The second-order valence-electron chi connectivity index (χ2n) is 4.26. The first-order valence-electron chi connectivity index (χ1n) is 5.77. The minimum atomic E-state index is -0.408. The van der Waals surface area contributed by atoms with E-state index in [1.54, 1.807) is 7.05 Å². The highest BCUT2D eigenvalue weighted by Crippen LogP contribution is 2.32. The van der Waals surface area contributed by atoms with E-state index in [0.29, 0.717) is 11.6 Å². The molecule has 6 nitrogen and oxygen atoms in total. The highest BCUT2D eigenvalue weighted by atomic mass is 16.6. The molecule has 0 aromatic carbocycles. The number of aromatic nitrogens is 1. The van der Waals surface area contributed by atoms with Crippen molar-refractivity contribution >= 4 is 17.3 Å². The highest BCUT2D eigenvalue weighted by Gasteiger charge is 2.20. The maximum Gasteiger partial charge on any atom is 0.276 e. The first-order valence-corrected chi connectivity index (χ1v) is 5.77. The molecule has 1 saturated carbocycles. The lowest BCUT2D eigenvalue weighted by Crippen LogP contribution is -2.06. The topological polar surface area (TPSA) is 80.1 Å². The first kappa shape index (κ1) is 11.6. The van der Waals surface area contributed by atoms with Gasteiger partial charge in [0.25, 0.3) is 5.69 Å². The summed E-state index contributed by atoms with van der Waals surface area (Å²) in [7, 11) is 1.69. The van der Waals surface area contributed by atoms with E-state index in [2.05, 4.69) is 15.6 Å². The molecular weight excluding hydrogens is 220 g/mol. The Labute approximate surface area is 99.6 Å². The number of hydrogen-bond acceptors (Lipinski definition) is 5. The van der Waals surface area contributed by atoms with Crippen LogP contribution in [0.3, 0.4) is 0 Å². The van der Waals surface area contributed by atoms with Crippen molar-refractivity contribution in [3.63, 3.8) is 0 Å². The van der Waals surface area contributed by atoms with Gasteiger partial charge in [0.2, 0.25) is 0 Å². The molecule has 1 fully saturated rings. The molecule has 0 unspecified atom stereocenters. The first-order chi connectivity index (χ1) is 8.19. The third kappa shape index (κ3) is 3.30. The molecule has 92 valence electrons. The zero-order chi connectivity index (χ0) is 12.3. The van der Waals surface area contributed by atoms with E-state index < -0.39 is 4.92 Å². The van der Waals surface area contributed by atoms with Crippen LogP contribution in [0.2, 0.25) is 0 Å². The zero-order valence-corrected chi connectivity index (χ0v) is 9.77. The fourth-order valence-electron chi connectivity index (χ4n) is 1.65. The van der Waals surface area contributed by atoms with Gasteiger partial charge in [-0.3, -0.25) is 10.1 Å². The summed E-state index contributed by atoms with van der Waals surface area (Å²) in [6, 6.07) is 2.89. The van der Waals surface area contributed by atoms with Crippen molar-refractivity contribution in [2.75, 3.05) is 24.2 Å². The number of nitrogens with one attached hydrogen (secondary N) is 2. The van der Waals surface area contributed by atoms with E-state index in [1.807, 2.05) is 0 Å². The Morgan fingerprint density at radius 2 is 2.18 bits per heavy atom. The van der Waals surface area contributed by atoms with Gasteiger partial charge in [-0.2, -0.15) is 0 Å². The molecule has 1 aromatic rings. The second kappa shape index (κ2) is 4.99. The monoisotopic (exact) mass is 236 g/mol. The molecule has 0 saturated heterocycles. The van der Waals surface area contributed by atoms with Crippen molar-refractivity contribution in [1.29, 1.82) is 0 Å². The van der Waals surface area contributed by atoms with Gasteiger partial charge >= 0.3 is 0 Å². The largest absolute Gasteiger partial charge is 0.373 e. The molecule has 1 aliphatic carbocycles. The van der Waals surface area contributed by atoms with E-state index in [-0.39, 0.29) is 5.69 Å². The lowest BCUT2D eigenvalue weighted by atomic mass is 10.3. The van der Waals surface area contributed by atoms with Crippen molar-refractivity contribution < 1.29 is 4.92 Å². The van der Waals surface area contributed by atoms with Crippen molar-refractivity contribution in [2.45, 2.75) is 19.3 Å². The average Bonchev–Trinajstić information content (AvgIpc) is 3.12. The molecule has 0 radical (unpaired) electrons. The van der Waals surface area contributed by atoms with E-state index in [1.165, 1.54) is 25.0 Å². The summed E-state index contributed by atoms with van der Waals surface area (Å²) in [5, 5.41) is 16.7. The summed E-state index contributed by atoms with van der Waals surface area (Å²) >= 11 is 0. The number of nitrogens with zero attached hydrogens (tertiary/aromatic N) is 2. The maximum atomic E-state index is 10.7. The van der Waals surface area contributed by atoms with Gasteiger partial charge in [-0.25, -0.2) is 4.98 Å². The Morgan fingerprint density at radius 3 is 2.76 bits per heavy atom. The van der Waals surface area contributed by atoms with Crippen LogP contribution < -0.4 is 10.6 Å². The number of rotatable bonds is 6. The maximum absolute atomic E-state index is 10.7. The summed E-state index contributed by atoms with van der Waals surface area (Å²) in [5.41, 5.74) is 0.0540. The summed E-state index contributed by atoms with van der Waals surface area (Å²) < 4.78 is 0. The normalized spacial score (nSPS) is 14.4. The van der Waals surface area contributed by atoms with Gasteiger partial charge in [-0.05, 0) is 12.3 Å². The van der Waals surface area contributed by atoms with Gasteiger partial charge in [-0.15, -0.1) is 0 Å². The van der Waals surface area contributed by atoms with Crippen molar-refractivity contribution in [3.05, 3.63) is 22.2 Å². The Balaban J connectivity index is 2.02. The van der Waals surface area contributed by atoms with Gasteiger partial charge in [-0.1, -0.05) is 12.8 Å². The van der Waals surface area contributed by atoms with Crippen LogP contribution in [0, 0.1) is 16.0 Å². The lowest BCUT2D eigenvalue weighted by Gasteiger charge is -2.07. The number of pyridine rings is 1. The van der Waals surface area contributed by atoms with E-state index >= 15 is 0 Å². The van der Waals surface area contributed by atoms with Crippen LogP contribution in [-0.2, 0) is 0 Å². The Kier molecular flexibility index (Phi) is 3.41. The van der Waals surface area contributed by atoms with Crippen LogP contribution in [0.25, 0.3) is 0 Å². The zero-order valence-electron chi connectivity index (χ0n) is 9.77. The third-order valence-corrected chi connectivity index (χ3v) is 2.83. The fraction of sp³-hybridized carbons (Fsp3) is 0.545. The van der Waals surface area contributed by atoms with Crippen molar-refractivity contribution in [2.24, 2.45) is 5.92 Å². The van der Waals surface area contributed by atoms with E-state index in [0.717, 1.165) is 18.9 Å². The minimum Gasteiger partial charge on any atom is -0.373 e. The van der Waals surface area contributed by atoms with Crippen molar-refractivity contribution in [3.8, 4) is 0 Å².